The molecule has 0 aromatic rings. The standard InChI is InChI=1S/C11H20N2O/c1-8(2)9(7-12)13-10(14)6-11(3,4)5/h8-9H,6H2,1-5H3,(H,13,14). The van der Waals surface area contributed by atoms with Crippen LogP contribution in [0.25, 0.3) is 0 Å². The van der Waals surface area contributed by atoms with Crippen molar-refractivity contribution in [3.8, 4) is 6.07 Å². The summed E-state index contributed by atoms with van der Waals surface area (Å²) >= 11 is 0. The van der Waals surface area contributed by atoms with Gasteiger partial charge in [0.2, 0.25) is 5.91 Å². The molecule has 0 heterocycles. The van der Waals surface area contributed by atoms with E-state index in [1.54, 1.807) is 0 Å². The number of nitrogens with zero attached hydrogens (tertiary/aromatic N) is 1. The van der Waals surface area contributed by atoms with E-state index in [2.05, 4.69) is 11.4 Å². The summed E-state index contributed by atoms with van der Waals surface area (Å²) in [7, 11) is 0. The summed E-state index contributed by atoms with van der Waals surface area (Å²) in [6.45, 7) is 9.85. The van der Waals surface area contributed by atoms with Gasteiger partial charge in [-0.2, -0.15) is 5.26 Å². The van der Waals surface area contributed by atoms with Crippen molar-refractivity contribution < 1.29 is 4.79 Å². The van der Waals surface area contributed by atoms with Crippen molar-refractivity contribution in [1.82, 2.24) is 5.32 Å². The second-order valence-electron chi connectivity index (χ2n) is 5.16. The molecule has 80 valence electrons. The van der Waals surface area contributed by atoms with Crippen molar-refractivity contribution in [2.24, 2.45) is 11.3 Å². The Labute approximate surface area is 86.5 Å². The Bertz CT molecular complexity index is 233. The molecular formula is C11H20N2O. The fraction of sp³-hybridized carbons (Fsp3) is 0.818. The van der Waals surface area contributed by atoms with Crippen LogP contribution in [-0.4, -0.2) is 11.9 Å². The molecule has 0 aliphatic carbocycles. The van der Waals surface area contributed by atoms with Gasteiger partial charge in [-0.25, -0.2) is 0 Å². The topological polar surface area (TPSA) is 52.9 Å². The largest absolute Gasteiger partial charge is 0.340 e. The van der Waals surface area contributed by atoms with Crippen molar-refractivity contribution in [1.29, 1.82) is 5.26 Å². The maximum atomic E-state index is 11.5. The molecule has 0 aromatic carbocycles. The first-order valence-corrected chi connectivity index (χ1v) is 4.95. The molecule has 0 radical (unpaired) electrons. The number of carbonyl (C=O) groups excluding carboxylic acids is 1. The third kappa shape index (κ3) is 5.58. The third-order valence-electron chi connectivity index (χ3n) is 1.81. The quantitative estimate of drug-likeness (QED) is 0.751. The Balaban J connectivity index is 4.13. The SMILES string of the molecule is CC(C)C(C#N)NC(=O)CC(C)(C)C. The second-order valence-corrected chi connectivity index (χ2v) is 5.16. The molecule has 0 saturated heterocycles. The maximum absolute atomic E-state index is 11.5. The van der Waals surface area contributed by atoms with Crippen LogP contribution in [0.5, 0.6) is 0 Å². The molecule has 0 rings (SSSR count). The van der Waals surface area contributed by atoms with Crippen molar-refractivity contribution in [2.45, 2.75) is 47.1 Å². The lowest BCUT2D eigenvalue weighted by molar-refractivity contribution is -0.123. The van der Waals surface area contributed by atoms with Crippen LogP contribution in [0.2, 0.25) is 0 Å². The fourth-order valence-corrected chi connectivity index (χ4v) is 1.05. The zero-order valence-electron chi connectivity index (χ0n) is 9.72. The van der Waals surface area contributed by atoms with Gasteiger partial charge in [-0.05, 0) is 11.3 Å². The molecule has 1 N–H and O–H groups in total. The minimum absolute atomic E-state index is 0.0267. The molecule has 0 spiro atoms. The van der Waals surface area contributed by atoms with Crippen LogP contribution in [0.1, 0.15) is 41.0 Å². The van der Waals surface area contributed by atoms with Gasteiger partial charge in [0, 0.05) is 6.42 Å². The Hall–Kier alpha value is -1.04. The molecule has 1 atom stereocenters. The molecule has 14 heavy (non-hydrogen) atoms. The minimum atomic E-state index is -0.371. The van der Waals surface area contributed by atoms with E-state index in [0.717, 1.165) is 0 Å². The van der Waals surface area contributed by atoms with Gasteiger partial charge in [0.15, 0.2) is 0 Å². The molecule has 0 aromatic heterocycles. The van der Waals surface area contributed by atoms with Crippen LogP contribution >= 0.6 is 0 Å². The van der Waals surface area contributed by atoms with Gasteiger partial charge in [0.05, 0.1) is 6.07 Å². The molecule has 3 nitrogen and oxygen atoms in total. The summed E-state index contributed by atoms with van der Waals surface area (Å²) in [5, 5.41) is 11.5. The highest BCUT2D eigenvalue weighted by Crippen LogP contribution is 2.18. The lowest BCUT2D eigenvalue weighted by atomic mass is 9.91. The Kier molecular flexibility index (Phi) is 4.62. The molecule has 1 amide bonds. The van der Waals surface area contributed by atoms with Crippen LogP contribution in [-0.2, 0) is 4.79 Å². The van der Waals surface area contributed by atoms with Crippen molar-refractivity contribution in [3.05, 3.63) is 0 Å². The average molecular weight is 196 g/mol. The normalized spacial score (nSPS) is 13.5. The van der Waals surface area contributed by atoms with E-state index in [-0.39, 0.29) is 23.3 Å². The van der Waals surface area contributed by atoms with E-state index in [9.17, 15) is 4.79 Å². The Morgan fingerprint density at radius 3 is 2.21 bits per heavy atom. The molecule has 0 aliphatic heterocycles. The van der Waals surface area contributed by atoms with Crippen LogP contribution < -0.4 is 5.32 Å². The molecular weight excluding hydrogens is 176 g/mol. The van der Waals surface area contributed by atoms with Crippen LogP contribution in [0.4, 0.5) is 0 Å². The number of nitrogens with one attached hydrogen (secondary N) is 1. The number of amides is 1. The Morgan fingerprint density at radius 1 is 1.43 bits per heavy atom. The average Bonchev–Trinajstić information content (AvgIpc) is 1.96. The zero-order chi connectivity index (χ0) is 11.4. The van der Waals surface area contributed by atoms with Gasteiger partial charge in [0.25, 0.3) is 0 Å². The molecule has 0 aliphatic rings. The van der Waals surface area contributed by atoms with Gasteiger partial charge in [-0.3, -0.25) is 4.79 Å². The first-order chi connectivity index (χ1) is 6.26. The summed E-state index contributed by atoms with van der Waals surface area (Å²) in [6.07, 6.45) is 0.456. The van der Waals surface area contributed by atoms with Crippen molar-refractivity contribution in [2.75, 3.05) is 0 Å². The number of carbonyl (C=O) groups is 1. The highest BCUT2D eigenvalue weighted by Gasteiger charge is 2.20. The molecule has 0 fully saturated rings. The van der Waals surface area contributed by atoms with Gasteiger partial charge < -0.3 is 5.32 Å². The van der Waals surface area contributed by atoms with E-state index in [0.29, 0.717) is 6.42 Å². The lowest BCUT2D eigenvalue weighted by Crippen LogP contribution is -2.38. The lowest BCUT2D eigenvalue weighted by Gasteiger charge is -2.20. The fourth-order valence-electron chi connectivity index (χ4n) is 1.05. The second kappa shape index (κ2) is 4.99. The van der Waals surface area contributed by atoms with Gasteiger partial charge >= 0.3 is 0 Å². The molecule has 3 heteroatoms. The first kappa shape index (κ1) is 13.0. The van der Waals surface area contributed by atoms with E-state index in [1.165, 1.54) is 0 Å². The summed E-state index contributed by atoms with van der Waals surface area (Å²) in [5.74, 6) is 0.113. The summed E-state index contributed by atoms with van der Waals surface area (Å²) < 4.78 is 0. The predicted molar refractivity (Wildman–Crippen MR) is 56.5 cm³/mol. The predicted octanol–water partition coefficient (Wildman–Crippen LogP) is 2.09. The number of hydrogen-bond acceptors (Lipinski definition) is 2. The van der Waals surface area contributed by atoms with Gasteiger partial charge in [-0.15, -0.1) is 0 Å². The van der Waals surface area contributed by atoms with Crippen LogP contribution in [0, 0.1) is 22.7 Å². The first-order valence-electron chi connectivity index (χ1n) is 4.95. The van der Waals surface area contributed by atoms with Crippen molar-refractivity contribution >= 4 is 5.91 Å². The summed E-state index contributed by atoms with van der Waals surface area (Å²) in [6, 6.07) is 1.72. The monoisotopic (exact) mass is 196 g/mol. The van der Waals surface area contributed by atoms with Crippen molar-refractivity contribution in [3.63, 3.8) is 0 Å². The van der Waals surface area contributed by atoms with E-state index in [4.69, 9.17) is 5.26 Å². The molecule has 1 unspecified atom stereocenters. The van der Waals surface area contributed by atoms with Gasteiger partial charge in [0.1, 0.15) is 6.04 Å². The zero-order valence-corrected chi connectivity index (χ0v) is 9.72. The number of hydrogen-bond donors (Lipinski definition) is 1. The Morgan fingerprint density at radius 2 is 1.93 bits per heavy atom. The minimum Gasteiger partial charge on any atom is -0.340 e. The molecule has 0 saturated carbocycles. The highest BCUT2D eigenvalue weighted by molar-refractivity contribution is 5.77. The summed E-state index contributed by atoms with van der Waals surface area (Å²) in [4.78, 5) is 11.5. The maximum Gasteiger partial charge on any atom is 0.221 e. The smallest absolute Gasteiger partial charge is 0.221 e. The van der Waals surface area contributed by atoms with Crippen LogP contribution in [0.3, 0.4) is 0 Å². The van der Waals surface area contributed by atoms with Crippen LogP contribution in [0.15, 0.2) is 0 Å². The number of rotatable bonds is 3. The van der Waals surface area contributed by atoms with E-state index in [1.807, 2.05) is 34.6 Å². The summed E-state index contributed by atoms with van der Waals surface area (Å²) in [5.41, 5.74) is -0.0267. The van der Waals surface area contributed by atoms with Gasteiger partial charge in [-0.1, -0.05) is 34.6 Å². The number of nitriles is 1. The third-order valence-corrected chi connectivity index (χ3v) is 1.81. The van der Waals surface area contributed by atoms with E-state index < -0.39 is 0 Å². The molecule has 0 bridgehead atoms. The van der Waals surface area contributed by atoms with E-state index >= 15 is 0 Å². The highest BCUT2D eigenvalue weighted by atomic mass is 16.1.